The van der Waals surface area contributed by atoms with Gasteiger partial charge < -0.3 is 4.74 Å². The fourth-order valence-corrected chi connectivity index (χ4v) is 6.21. The number of Topliss-reactive ketones (excluding diaryl/α,β-unsaturated/α-hetero) is 3. The van der Waals surface area contributed by atoms with Gasteiger partial charge in [-0.3, -0.25) is 24.1 Å². The molecule has 0 bridgehead atoms. The number of rotatable bonds is 12. The van der Waals surface area contributed by atoms with E-state index in [1.807, 2.05) is 79.4 Å². The molecule has 0 N–H and O–H groups in total. The summed E-state index contributed by atoms with van der Waals surface area (Å²) >= 11 is 0. The van der Waals surface area contributed by atoms with Crippen LogP contribution in [0.4, 0.5) is 0 Å². The maximum atomic E-state index is 13.1. The van der Waals surface area contributed by atoms with Crippen molar-refractivity contribution in [3.63, 3.8) is 0 Å². The molecule has 0 radical (unpaired) electrons. The molecular formula is C31H54N2O7. The molecule has 9 heteroatoms. The number of ether oxygens (including phenoxy) is 1. The van der Waals surface area contributed by atoms with Gasteiger partial charge in [-0.1, -0.05) is 41.5 Å². The Morgan fingerprint density at radius 3 is 1.48 bits per heavy atom. The number of esters is 1. The number of nitrogens with zero attached hydrogens (tertiary/aromatic N) is 2. The topological polar surface area (TPSA) is 102 Å². The van der Waals surface area contributed by atoms with E-state index in [9.17, 15) is 19.2 Å². The van der Waals surface area contributed by atoms with E-state index in [0.717, 1.165) is 0 Å². The number of ketones is 3. The average molecular weight is 567 g/mol. The van der Waals surface area contributed by atoms with E-state index in [2.05, 4.69) is 0 Å². The summed E-state index contributed by atoms with van der Waals surface area (Å²) in [5, 5.41) is 3.69. The minimum absolute atomic E-state index is 0.189. The zero-order valence-electron chi connectivity index (χ0n) is 27.0. The van der Waals surface area contributed by atoms with Crippen LogP contribution < -0.4 is 0 Å². The first kappa shape index (κ1) is 34.5. The highest BCUT2D eigenvalue weighted by molar-refractivity contribution is 5.87. The third-order valence-corrected chi connectivity index (χ3v) is 10.5. The van der Waals surface area contributed by atoms with Crippen molar-refractivity contribution in [1.82, 2.24) is 10.1 Å². The second-order valence-electron chi connectivity index (χ2n) is 13.0. The first-order valence-electron chi connectivity index (χ1n) is 15.1. The monoisotopic (exact) mass is 566 g/mol. The molecule has 0 spiro atoms. The van der Waals surface area contributed by atoms with Gasteiger partial charge in [-0.2, -0.15) is 10.1 Å². The van der Waals surface area contributed by atoms with Crippen LogP contribution in [0.3, 0.4) is 0 Å². The molecule has 2 saturated heterocycles. The van der Waals surface area contributed by atoms with Gasteiger partial charge in [0.2, 0.25) is 5.78 Å². The molecule has 9 nitrogen and oxygen atoms in total. The van der Waals surface area contributed by atoms with Gasteiger partial charge in [0.25, 0.3) is 0 Å². The molecule has 2 fully saturated rings. The third kappa shape index (κ3) is 6.22. The second-order valence-corrected chi connectivity index (χ2v) is 13.0. The molecule has 2 heterocycles. The van der Waals surface area contributed by atoms with Crippen LogP contribution in [0.2, 0.25) is 0 Å². The predicted octanol–water partition coefficient (Wildman–Crippen LogP) is 5.24. The lowest BCUT2D eigenvalue weighted by Gasteiger charge is -2.56. The number of hydrogen-bond acceptors (Lipinski definition) is 9. The van der Waals surface area contributed by atoms with Gasteiger partial charge in [0.05, 0.1) is 22.2 Å². The standard InChI is InChI=1S/C31H54N2O7/c1-13-28(9)17-24(34)20(5)30(11,15-3)32(28)39-22(7)26(36)19-38-27(37)23(8)40-33-29(10,14-2)18-25(35)21(6)31(33,12)16-4/h20-23H,13-19H2,1-12H3. The molecule has 0 aromatic rings. The quantitative estimate of drug-likeness (QED) is 0.294. The van der Waals surface area contributed by atoms with Gasteiger partial charge in [-0.15, -0.1) is 0 Å². The van der Waals surface area contributed by atoms with Crippen molar-refractivity contribution < 1.29 is 33.6 Å². The Morgan fingerprint density at radius 2 is 1.12 bits per heavy atom. The first-order chi connectivity index (χ1) is 18.4. The van der Waals surface area contributed by atoms with Crippen molar-refractivity contribution in [2.75, 3.05) is 6.61 Å². The van der Waals surface area contributed by atoms with E-state index in [1.54, 1.807) is 13.8 Å². The molecule has 230 valence electrons. The molecule has 40 heavy (non-hydrogen) atoms. The second kappa shape index (κ2) is 12.7. The molecule has 8 atom stereocenters. The van der Waals surface area contributed by atoms with Crippen LogP contribution in [0.1, 0.15) is 122 Å². The van der Waals surface area contributed by atoms with E-state index in [0.29, 0.717) is 38.5 Å². The summed E-state index contributed by atoms with van der Waals surface area (Å²) in [4.78, 5) is 64.2. The molecule has 0 amide bonds. The van der Waals surface area contributed by atoms with Crippen molar-refractivity contribution in [3.05, 3.63) is 0 Å². The number of piperidine rings is 2. The maximum Gasteiger partial charge on any atom is 0.337 e. The molecule has 8 unspecified atom stereocenters. The van der Waals surface area contributed by atoms with Crippen molar-refractivity contribution in [3.8, 4) is 0 Å². The Kier molecular flexibility index (Phi) is 10.9. The summed E-state index contributed by atoms with van der Waals surface area (Å²) in [6, 6.07) is 0. The van der Waals surface area contributed by atoms with Gasteiger partial charge in [-0.25, -0.2) is 4.79 Å². The SMILES string of the molecule is CCC1(C)CC(=O)C(C)C(C)(CC)N1OC(C)C(=O)COC(=O)C(C)ON1C(C)(CC)CC(=O)C(C)C1(C)CC. The van der Waals surface area contributed by atoms with Crippen LogP contribution in [0.5, 0.6) is 0 Å². The lowest BCUT2D eigenvalue weighted by atomic mass is 9.70. The molecule has 2 aliphatic rings. The minimum Gasteiger partial charge on any atom is -0.456 e. The van der Waals surface area contributed by atoms with Crippen molar-refractivity contribution in [2.24, 2.45) is 11.8 Å². The van der Waals surface area contributed by atoms with Gasteiger partial charge in [-0.05, 0) is 67.2 Å². The Bertz CT molecular complexity index is 895. The number of hydroxylamine groups is 4. The Hall–Kier alpha value is -1.68. The highest BCUT2D eigenvalue weighted by Gasteiger charge is 2.55. The Labute approximate surface area is 241 Å². The van der Waals surface area contributed by atoms with Gasteiger partial charge in [0, 0.05) is 24.7 Å². The van der Waals surface area contributed by atoms with Crippen LogP contribution >= 0.6 is 0 Å². The Morgan fingerprint density at radius 1 is 0.750 bits per heavy atom. The fraction of sp³-hybridized carbons (Fsp3) is 0.871. The zero-order valence-corrected chi connectivity index (χ0v) is 27.0. The third-order valence-electron chi connectivity index (χ3n) is 10.5. The Balaban J connectivity index is 2.10. The van der Waals surface area contributed by atoms with Crippen molar-refractivity contribution in [1.29, 1.82) is 0 Å². The first-order valence-corrected chi connectivity index (χ1v) is 15.1. The van der Waals surface area contributed by atoms with Crippen LogP contribution in [0.15, 0.2) is 0 Å². The van der Waals surface area contributed by atoms with Gasteiger partial charge >= 0.3 is 5.97 Å². The summed E-state index contributed by atoms with van der Waals surface area (Å²) in [5.41, 5.74) is -2.27. The maximum absolute atomic E-state index is 13.1. The highest BCUT2D eigenvalue weighted by atomic mass is 16.7. The van der Waals surface area contributed by atoms with Crippen molar-refractivity contribution in [2.45, 2.75) is 156 Å². The molecule has 2 aliphatic heterocycles. The molecule has 0 aromatic carbocycles. The van der Waals surface area contributed by atoms with E-state index in [1.165, 1.54) is 0 Å². The molecule has 0 aliphatic carbocycles. The van der Waals surface area contributed by atoms with Crippen LogP contribution in [0, 0.1) is 11.8 Å². The van der Waals surface area contributed by atoms with E-state index in [4.69, 9.17) is 14.4 Å². The van der Waals surface area contributed by atoms with Gasteiger partial charge in [0.15, 0.2) is 12.7 Å². The molecular weight excluding hydrogens is 512 g/mol. The predicted molar refractivity (Wildman–Crippen MR) is 153 cm³/mol. The van der Waals surface area contributed by atoms with Gasteiger partial charge in [0.1, 0.15) is 17.7 Å². The number of carbonyl (C=O) groups excluding carboxylic acids is 4. The van der Waals surface area contributed by atoms with Crippen LogP contribution in [-0.2, 0) is 33.6 Å². The summed E-state index contributed by atoms with van der Waals surface area (Å²) in [5.74, 6) is -1.15. The fourth-order valence-electron chi connectivity index (χ4n) is 6.21. The number of carbonyl (C=O) groups is 4. The van der Waals surface area contributed by atoms with E-state index in [-0.39, 0.29) is 29.2 Å². The molecule has 0 aromatic heterocycles. The average Bonchev–Trinajstić information content (AvgIpc) is 2.93. The van der Waals surface area contributed by atoms with E-state index < -0.39 is 46.9 Å². The smallest absolute Gasteiger partial charge is 0.337 e. The van der Waals surface area contributed by atoms with E-state index >= 15 is 0 Å². The zero-order chi connectivity index (χ0) is 30.8. The molecule has 0 saturated carbocycles. The summed E-state index contributed by atoms with van der Waals surface area (Å²) < 4.78 is 5.40. The lowest BCUT2D eigenvalue weighted by Crippen LogP contribution is -2.67. The summed E-state index contributed by atoms with van der Waals surface area (Å²) in [7, 11) is 0. The van der Waals surface area contributed by atoms with Crippen molar-refractivity contribution >= 4 is 23.3 Å². The largest absolute Gasteiger partial charge is 0.456 e. The number of hydrogen-bond donors (Lipinski definition) is 0. The van der Waals surface area contributed by atoms with Crippen LogP contribution in [-0.4, -0.2) is 74.4 Å². The molecule has 2 rings (SSSR count). The van der Waals surface area contributed by atoms with Crippen LogP contribution in [0.25, 0.3) is 0 Å². The minimum atomic E-state index is -0.970. The summed E-state index contributed by atoms with van der Waals surface area (Å²) in [6.45, 7) is 22.6. The normalized spacial score (nSPS) is 37.3. The highest BCUT2D eigenvalue weighted by Crippen LogP contribution is 2.45. The lowest BCUT2D eigenvalue weighted by molar-refractivity contribution is -0.312. The summed E-state index contributed by atoms with van der Waals surface area (Å²) in [6.07, 6.45) is 1.53.